The molecule has 0 spiro atoms. The molecule has 0 atom stereocenters. The van der Waals surface area contributed by atoms with Gasteiger partial charge in [0.25, 0.3) is 0 Å². The maximum Gasteiger partial charge on any atom is 0.241 e. The Morgan fingerprint density at radius 2 is 2.19 bits per heavy atom. The standard InChI is InChI=1S/C10H10ClNO3S/c1-2-3-6-15-9-5-4-8(11)7-10(9)16(12,13)14/h1,4-5,7H,3,6H2,(H2,12,13,14). The lowest BCUT2D eigenvalue weighted by atomic mass is 10.3. The summed E-state index contributed by atoms with van der Waals surface area (Å²) in [4.78, 5) is -0.142. The molecule has 0 aliphatic heterocycles. The average molecular weight is 260 g/mol. The van der Waals surface area contributed by atoms with Crippen molar-refractivity contribution in [2.45, 2.75) is 11.3 Å². The van der Waals surface area contributed by atoms with Crippen LogP contribution in [0.15, 0.2) is 23.1 Å². The minimum atomic E-state index is -3.85. The molecule has 0 unspecified atom stereocenters. The van der Waals surface area contributed by atoms with E-state index < -0.39 is 10.0 Å². The molecule has 0 amide bonds. The molecule has 0 radical (unpaired) electrons. The van der Waals surface area contributed by atoms with E-state index in [1.807, 2.05) is 0 Å². The molecule has 0 aliphatic rings. The van der Waals surface area contributed by atoms with Crippen molar-refractivity contribution in [3.05, 3.63) is 23.2 Å². The summed E-state index contributed by atoms with van der Waals surface area (Å²) >= 11 is 5.68. The van der Waals surface area contributed by atoms with Gasteiger partial charge in [0.2, 0.25) is 10.0 Å². The number of sulfonamides is 1. The van der Waals surface area contributed by atoms with E-state index in [0.29, 0.717) is 6.42 Å². The second kappa shape index (κ2) is 5.21. The summed E-state index contributed by atoms with van der Waals surface area (Å²) in [6.45, 7) is 0.223. The van der Waals surface area contributed by atoms with E-state index in [0.717, 1.165) is 0 Å². The van der Waals surface area contributed by atoms with Gasteiger partial charge in [0, 0.05) is 11.4 Å². The highest BCUT2D eigenvalue weighted by Gasteiger charge is 2.15. The molecule has 0 aliphatic carbocycles. The Hall–Kier alpha value is -1.22. The molecule has 86 valence electrons. The van der Waals surface area contributed by atoms with Gasteiger partial charge in [-0.05, 0) is 18.2 Å². The Kier molecular flexibility index (Phi) is 4.19. The van der Waals surface area contributed by atoms with Crippen LogP contribution in [-0.4, -0.2) is 15.0 Å². The van der Waals surface area contributed by atoms with E-state index in [9.17, 15) is 8.42 Å². The molecule has 16 heavy (non-hydrogen) atoms. The summed E-state index contributed by atoms with van der Waals surface area (Å²) < 4.78 is 27.7. The molecule has 0 saturated carbocycles. The highest BCUT2D eigenvalue weighted by molar-refractivity contribution is 7.89. The average Bonchev–Trinajstić information content (AvgIpc) is 2.19. The molecule has 4 nitrogen and oxygen atoms in total. The fourth-order valence-electron chi connectivity index (χ4n) is 1.04. The number of halogens is 1. The van der Waals surface area contributed by atoms with Crippen LogP contribution in [0.5, 0.6) is 5.75 Å². The zero-order chi connectivity index (χ0) is 12.2. The summed E-state index contributed by atoms with van der Waals surface area (Å²) in [7, 11) is -3.85. The zero-order valence-electron chi connectivity index (χ0n) is 8.31. The molecule has 0 bridgehead atoms. The van der Waals surface area contributed by atoms with Crippen molar-refractivity contribution in [2.75, 3.05) is 6.61 Å². The third-order valence-electron chi connectivity index (χ3n) is 1.72. The number of hydrogen-bond acceptors (Lipinski definition) is 3. The van der Waals surface area contributed by atoms with Gasteiger partial charge in [-0.3, -0.25) is 0 Å². The van der Waals surface area contributed by atoms with Crippen molar-refractivity contribution in [1.29, 1.82) is 0 Å². The minimum absolute atomic E-state index is 0.142. The largest absolute Gasteiger partial charge is 0.491 e. The van der Waals surface area contributed by atoms with Crippen molar-refractivity contribution < 1.29 is 13.2 Å². The van der Waals surface area contributed by atoms with Gasteiger partial charge in [-0.2, -0.15) is 0 Å². The van der Waals surface area contributed by atoms with Crippen molar-refractivity contribution in [2.24, 2.45) is 5.14 Å². The van der Waals surface area contributed by atoms with Gasteiger partial charge in [0.1, 0.15) is 10.6 Å². The van der Waals surface area contributed by atoms with E-state index in [2.05, 4.69) is 5.92 Å². The van der Waals surface area contributed by atoms with Crippen molar-refractivity contribution in [3.63, 3.8) is 0 Å². The molecule has 0 saturated heterocycles. The fourth-order valence-corrected chi connectivity index (χ4v) is 1.98. The predicted molar refractivity (Wildman–Crippen MR) is 61.8 cm³/mol. The van der Waals surface area contributed by atoms with Crippen LogP contribution in [-0.2, 0) is 10.0 Å². The first-order valence-corrected chi connectivity index (χ1v) is 6.26. The van der Waals surface area contributed by atoms with Crippen molar-refractivity contribution in [3.8, 4) is 18.1 Å². The number of hydrogen-bond donors (Lipinski definition) is 1. The van der Waals surface area contributed by atoms with Crippen LogP contribution in [0.1, 0.15) is 6.42 Å². The maximum atomic E-state index is 11.2. The third kappa shape index (κ3) is 3.42. The van der Waals surface area contributed by atoms with E-state index in [-0.39, 0.29) is 22.3 Å². The first-order valence-electron chi connectivity index (χ1n) is 4.34. The molecule has 6 heteroatoms. The minimum Gasteiger partial charge on any atom is -0.491 e. The number of benzene rings is 1. The molecular weight excluding hydrogens is 250 g/mol. The SMILES string of the molecule is C#CCCOc1ccc(Cl)cc1S(N)(=O)=O. The Morgan fingerprint density at radius 3 is 2.75 bits per heavy atom. The lowest BCUT2D eigenvalue weighted by Crippen LogP contribution is -2.14. The molecule has 0 aromatic heterocycles. The summed E-state index contributed by atoms with van der Waals surface area (Å²) in [5, 5.41) is 5.30. The first kappa shape index (κ1) is 12.8. The van der Waals surface area contributed by atoms with Gasteiger partial charge in [-0.25, -0.2) is 13.6 Å². The van der Waals surface area contributed by atoms with Gasteiger partial charge in [0.15, 0.2) is 0 Å². The van der Waals surface area contributed by atoms with Crippen LogP contribution in [0.4, 0.5) is 0 Å². The summed E-state index contributed by atoms with van der Waals surface area (Å²) in [6, 6.07) is 4.20. The molecule has 1 rings (SSSR count). The van der Waals surface area contributed by atoms with E-state index in [1.54, 1.807) is 0 Å². The highest BCUT2D eigenvalue weighted by atomic mass is 35.5. The fraction of sp³-hybridized carbons (Fsp3) is 0.200. The zero-order valence-corrected chi connectivity index (χ0v) is 9.88. The van der Waals surface area contributed by atoms with Gasteiger partial charge in [-0.15, -0.1) is 12.3 Å². The van der Waals surface area contributed by atoms with Crippen LogP contribution >= 0.6 is 11.6 Å². The quantitative estimate of drug-likeness (QED) is 0.656. The van der Waals surface area contributed by atoms with E-state index >= 15 is 0 Å². The molecule has 0 heterocycles. The third-order valence-corrected chi connectivity index (χ3v) is 2.88. The molecule has 2 N–H and O–H groups in total. The number of ether oxygens (including phenoxy) is 1. The molecule has 1 aromatic carbocycles. The van der Waals surface area contributed by atoms with Crippen LogP contribution in [0.2, 0.25) is 5.02 Å². The second-order valence-electron chi connectivity index (χ2n) is 2.94. The topological polar surface area (TPSA) is 69.4 Å². The monoisotopic (exact) mass is 259 g/mol. The van der Waals surface area contributed by atoms with Crippen LogP contribution < -0.4 is 9.88 Å². The highest BCUT2D eigenvalue weighted by Crippen LogP contribution is 2.26. The number of nitrogens with two attached hydrogens (primary N) is 1. The summed E-state index contributed by atoms with van der Waals surface area (Å²) in [6.07, 6.45) is 5.43. The smallest absolute Gasteiger partial charge is 0.241 e. The van der Waals surface area contributed by atoms with Crippen LogP contribution in [0.3, 0.4) is 0 Å². The van der Waals surface area contributed by atoms with Crippen LogP contribution in [0, 0.1) is 12.3 Å². The van der Waals surface area contributed by atoms with Crippen molar-refractivity contribution >= 4 is 21.6 Å². The Labute approximate surface area is 99.4 Å². The first-order chi connectivity index (χ1) is 7.45. The lowest BCUT2D eigenvalue weighted by molar-refractivity contribution is 0.318. The van der Waals surface area contributed by atoms with Gasteiger partial charge >= 0.3 is 0 Å². The Morgan fingerprint density at radius 1 is 1.50 bits per heavy atom. The summed E-state index contributed by atoms with van der Waals surface area (Å²) in [5.41, 5.74) is 0. The van der Waals surface area contributed by atoms with E-state index in [1.165, 1.54) is 18.2 Å². The number of terminal acetylenes is 1. The van der Waals surface area contributed by atoms with Crippen molar-refractivity contribution in [1.82, 2.24) is 0 Å². The van der Waals surface area contributed by atoms with Gasteiger partial charge in [0.05, 0.1) is 6.61 Å². The van der Waals surface area contributed by atoms with E-state index in [4.69, 9.17) is 27.9 Å². The number of primary sulfonamides is 1. The normalized spacial score (nSPS) is 10.8. The molecular formula is C10H10ClNO3S. The van der Waals surface area contributed by atoms with Gasteiger partial charge in [-0.1, -0.05) is 11.6 Å². The van der Waals surface area contributed by atoms with Crippen LogP contribution in [0.25, 0.3) is 0 Å². The second-order valence-corrected chi connectivity index (χ2v) is 4.90. The Bertz CT molecular complexity index is 519. The molecule has 1 aromatic rings. The van der Waals surface area contributed by atoms with Gasteiger partial charge < -0.3 is 4.74 Å². The predicted octanol–water partition coefficient (Wildman–Crippen LogP) is 1.39. The Balaban J connectivity index is 3.05. The maximum absolute atomic E-state index is 11.2. The summed E-state index contributed by atoms with van der Waals surface area (Å²) in [5.74, 6) is 2.53. The molecule has 0 fully saturated rings. The lowest BCUT2D eigenvalue weighted by Gasteiger charge is -2.09. The number of rotatable bonds is 4.